The normalized spacial score (nSPS) is 14.3. The van der Waals surface area contributed by atoms with Gasteiger partial charge >= 0.3 is 5.97 Å². The molecule has 0 bridgehead atoms. The van der Waals surface area contributed by atoms with E-state index in [9.17, 15) is 4.79 Å². The number of aliphatic hydroxyl groups excluding tert-OH is 2. The highest BCUT2D eigenvalue weighted by atomic mass is 16.5. The number of carbonyl (C=O) groups is 1. The van der Waals surface area contributed by atoms with Crippen molar-refractivity contribution in [3.63, 3.8) is 0 Å². The van der Waals surface area contributed by atoms with Crippen LogP contribution in [0.5, 0.6) is 0 Å². The van der Waals surface area contributed by atoms with Gasteiger partial charge in [-0.2, -0.15) is 0 Å². The lowest BCUT2D eigenvalue weighted by Gasteiger charge is -2.16. The fraction of sp³-hybridized carbons (Fsp3) is 0.667. The summed E-state index contributed by atoms with van der Waals surface area (Å²) in [6, 6.07) is 0. The molecule has 0 aromatic rings. The van der Waals surface area contributed by atoms with Crippen molar-refractivity contribution in [2.24, 2.45) is 0 Å². The first kappa shape index (κ1) is 11.9. The van der Waals surface area contributed by atoms with Crippen LogP contribution in [0.3, 0.4) is 0 Å². The second-order valence-electron chi connectivity index (χ2n) is 2.66. The van der Waals surface area contributed by atoms with E-state index in [4.69, 9.17) is 21.4 Å². The Balaban J connectivity index is 3.94. The van der Waals surface area contributed by atoms with Crippen LogP contribution in [0.25, 0.3) is 0 Å². The molecule has 0 saturated heterocycles. The van der Waals surface area contributed by atoms with E-state index in [0.29, 0.717) is 6.42 Å². The van der Waals surface area contributed by atoms with Crippen LogP contribution in [0.1, 0.15) is 19.8 Å². The highest BCUT2D eigenvalue weighted by Crippen LogP contribution is 2.07. The van der Waals surface area contributed by atoms with Gasteiger partial charge in [0, 0.05) is 26.4 Å². The fourth-order valence-corrected chi connectivity index (χ4v) is 0.921. The van der Waals surface area contributed by atoms with Gasteiger partial charge in [0.1, 0.15) is 12.2 Å². The molecule has 0 aliphatic heterocycles. The Bertz CT molecular complexity index is 194. The molecule has 0 heterocycles. The number of rotatable bonds is 5. The van der Waals surface area contributed by atoms with Gasteiger partial charge in [-0.25, -0.2) is 0 Å². The first-order valence-corrected chi connectivity index (χ1v) is 4.02. The molecule has 0 amide bonds. The minimum Gasteiger partial charge on any atom is -0.462 e. The van der Waals surface area contributed by atoms with Crippen molar-refractivity contribution in [1.82, 2.24) is 0 Å². The van der Waals surface area contributed by atoms with Crippen molar-refractivity contribution in [2.75, 3.05) is 6.61 Å². The van der Waals surface area contributed by atoms with E-state index in [-0.39, 0.29) is 13.0 Å². The number of terminal acetylenes is 1. The molecular weight excluding hydrogens is 172 g/mol. The van der Waals surface area contributed by atoms with Gasteiger partial charge in [0.15, 0.2) is 0 Å². The summed E-state index contributed by atoms with van der Waals surface area (Å²) in [5.41, 5.74) is 0. The average molecular weight is 186 g/mol. The number of aliphatic hydroxyl groups is 2. The molecular formula is C9H14O4. The predicted octanol–water partition coefficient (Wildman–Crippen LogP) is -0.315. The number of carbonyl (C=O) groups excluding carboxylic acids is 1. The molecule has 0 aromatic carbocycles. The highest BCUT2D eigenvalue weighted by Gasteiger charge is 2.15. The highest BCUT2D eigenvalue weighted by molar-refractivity contribution is 5.66. The van der Waals surface area contributed by atoms with Gasteiger partial charge in [0.2, 0.25) is 0 Å². The van der Waals surface area contributed by atoms with Gasteiger partial charge in [-0.15, -0.1) is 6.42 Å². The van der Waals surface area contributed by atoms with Crippen molar-refractivity contribution in [1.29, 1.82) is 0 Å². The Kier molecular flexibility index (Phi) is 5.94. The molecule has 0 radical (unpaired) electrons. The van der Waals surface area contributed by atoms with Crippen molar-refractivity contribution in [3.05, 3.63) is 0 Å². The van der Waals surface area contributed by atoms with Crippen LogP contribution < -0.4 is 0 Å². The van der Waals surface area contributed by atoms with Crippen LogP contribution in [-0.2, 0) is 9.53 Å². The molecule has 0 aromatic heterocycles. The second-order valence-corrected chi connectivity index (χ2v) is 2.66. The van der Waals surface area contributed by atoms with Crippen molar-refractivity contribution >= 4 is 5.97 Å². The van der Waals surface area contributed by atoms with Crippen LogP contribution in [0.15, 0.2) is 0 Å². The van der Waals surface area contributed by atoms with E-state index in [1.54, 1.807) is 0 Å². The Morgan fingerprint density at radius 1 is 1.69 bits per heavy atom. The lowest BCUT2D eigenvalue weighted by atomic mass is 10.1. The molecule has 0 fully saturated rings. The van der Waals surface area contributed by atoms with Crippen LogP contribution in [0.4, 0.5) is 0 Å². The quantitative estimate of drug-likeness (QED) is 0.456. The zero-order valence-corrected chi connectivity index (χ0v) is 7.56. The van der Waals surface area contributed by atoms with Crippen molar-refractivity contribution in [3.8, 4) is 12.3 Å². The summed E-state index contributed by atoms with van der Waals surface area (Å²) in [4.78, 5) is 10.6. The van der Waals surface area contributed by atoms with Crippen molar-refractivity contribution < 1.29 is 19.7 Å². The Labute approximate surface area is 77.5 Å². The summed E-state index contributed by atoms with van der Waals surface area (Å²) in [5.74, 6) is 1.67. The van der Waals surface area contributed by atoms with E-state index >= 15 is 0 Å². The molecule has 2 unspecified atom stereocenters. The second kappa shape index (κ2) is 6.46. The number of hydrogen-bond acceptors (Lipinski definition) is 4. The maximum atomic E-state index is 10.6. The summed E-state index contributed by atoms with van der Waals surface area (Å²) in [5, 5.41) is 17.7. The summed E-state index contributed by atoms with van der Waals surface area (Å²) in [6.45, 7) is 1.17. The molecule has 2 atom stereocenters. The number of hydrogen-bond donors (Lipinski definition) is 2. The number of esters is 1. The molecule has 2 N–H and O–H groups in total. The van der Waals surface area contributed by atoms with Gasteiger partial charge < -0.3 is 14.9 Å². The minimum atomic E-state index is -0.934. The topological polar surface area (TPSA) is 66.8 Å². The van der Waals surface area contributed by atoms with E-state index in [0.717, 1.165) is 0 Å². The van der Waals surface area contributed by atoms with Gasteiger partial charge in [0.25, 0.3) is 0 Å². The maximum Gasteiger partial charge on any atom is 0.302 e. The Hall–Kier alpha value is -1.05. The summed E-state index contributed by atoms with van der Waals surface area (Å²) in [7, 11) is 0. The Morgan fingerprint density at radius 2 is 2.31 bits per heavy atom. The van der Waals surface area contributed by atoms with Gasteiger partial charge in [-0.1, -0.05) is 5.92 Å². The first-order valence-electron chi connectivity index (χ1n) is 4.02. The number of ether oxygens (including phenoxy) is 1. The van der Waals surface area contributed by atoms with Crippen molar-refractivity contribution in [2.45, 2.75) is 32.0 Å². The summed E-state index contributed by atoms with van der Waals surface area (Å²) < 4.78 is 4.81. The third-order valence-electron chi connectivity index (χ3n) is 1.46. The van der Waals surface area contributed by atoms with Gasteiger partial charge in [0.05, 0.1) is 0 Å². The third-order valence-corrected chi connectivity index (χ3v) is 1.46. The van der Waals surface area contributed by atoms with Gasteiger partial charge in [-0.3, -0.25) is 4.79 Å². The first-order chi connectivity index (χ1) is 6.10. The molecule has 74 valence electrons. The lowest BCUT2D eigenvalue weighted by molar-refractivity contribution is -0.148. The lowest BCUT2D eigenvalue weighted by Crippen LogP contribution is -2.23. The molecule has 0 rings (SSSR count). The van der Waals surface area contributed by atoms with Crippen LogP contribution in [0.2, 0.25) is 0 Å². The zero-order valence-electron chi connectivity index (χ0n) is 7.56. The summed E-state index contributed by atoms with van der Waals surface area (Å²) in [6.07, 6.45) is 3.96. The molecule has 13 heavy (non-hydrogen) atoms. The monoisotopic (exact) mass is 186 g/mol. The van der Waals surface area contributed by atoms with Crippen LogP contribution in [-0.4, -0.2) is 35.0 Å². The van der Waals surface area contributed by atoms with E-state index in [2.05, 4.69) is 5.92 Å². The molecule has 0 aliphatic rings. The standard InChI is InChI=1S/C9H14O4/c1-3-8(12)6-9(4-5-10)13-7(2)11/h1,8-10,12H,4-6H2,2H3. The van der Waals surface area contributed by atoms with E-state index in [1.165, 1.54) is 6.92 Å². The SMILES string of the molecule is C#CC(O)CC(CCO)OC(C)=O. The Morgan fingerprint density at radius 3 is 2.69 bits per heavy atom. The fourth-order valence-electron chi connectivity index (χ4n) is 0.921. The van der Waals surface area contributed by atoms with Crippen LogP contribution in [0, 0.1) is 12.3 Å². The zero-order chi connectivity index (χ0) is 10.3. The van der Waals surface area contributed by atoms with E-state index < -0.39 is 18.2 Å². The smallest absolute Gasteiger partial charge is 0.302 e. The molecule has 4 nitrogen and oxygen atoms in total. The molecule has 0 saturated carbocycles. The average Bonchev–Trinajstić information content (AvgIpc) is 2.03. The molecule has 0 spiro atoms. The predicted molar refractivity (Wildman–Crippen MR) is 46.7 cm³/mol. The minimum absolute atomic E-state index is 0.102. The summed E-state index contributed by atoms with van der Waals surface area (Å²) >= 11 is 0. The van der Waals surface area contributed by atoms with Crippen LogP contribution >= 0.6 is 0 Å². The largest absolute Gasteiger partial charge is 0.462 e. The van der Waals surface area contributed by atoms with Gasteiger partial charge in [-0.05, 0) is 0 Å². The maximum absolute atomic E-state index is 10.6. The van der Waals surface area contributed by atoms with E-state index in [1.807, 2.05) is 0 Å². The molecule has 4 heteroatoms. The third kappa shape index (κ3) is 6.14. The molecule has 0 aliphatic carbocycles.